The maximum absolute atomic E-state index is 6.57. The second-order valence-corrected chi connectivity index (χ2v) is 3.00. The average molecular weight is 156 g/mol. The monoisotopic (exact) mass is 156 g/mol. The summed E-state index contributed by atoms with van der Waals surface area (Å²) >= 11 is 0. The Bertz CT molecular complexity index is 81.6. The molecule has 0 radical (unpaired) electrons. The van der Waals surface area contributed by atoms with E-state index in [0.29, 0.717) is 0 Å². The van der Waals surface area contributed by atoms with Crippen LogP contribution in [-0.4, -0.2) is 6.54 Å². The van der Waals surface area contributed by atoms with Crippen LogP contribution in [-0.2, 0) is 0 Å². The van der Waals surface area contributed by atoms with E-state index in [-0.39, 0.29) is 0 Å². The molecular formula is C9H20N2. The largest absolute Gasteiger partial charge is 0.210 e. The maximum atomic E-state index is 6.57. The quantitative estimate of drug-likeness (QED) is 0.410. The van der Waals surface area contributed by atoms with Gasteiger partial charge in [-0.05, 0) is 6.42 Å². The molecule has 0 heterocycles. The Kier molecular flexibility index (Phi) is 9.25. The fraction of sp³-hybridized carbons (Fsp3) is 1.00. The van der Waals surface area contributed by atoms with Gasteiger partial charge in [0, 0.05) is 0 Å². The van der Waals surface area contributed by atoms with Gasteiger partial charge in [-0.3, -0.25) is 0 Å². The van der Waals surface area contributed by atoms with Crippen molar-refractivity contribution in [3.63, 3.8) is 0 Å². The van der Waals surface area contributed by atoms with E-state index in [0.717, 1.165) is 13.0 Å². The van der Waals surface area contributed by atoms with Crippen LogP contribution in [0.25, 0.3) is 0 Å². The zero-order chi connectivity index (χ0) is 8.36. The van der Waals surface area contributed by atoms with Gasteiger partial charge in [0.05, 0.1) is 6.54 Å². The second kappa shape index (κ2) is 9.60. The molecular weight excluding hydrogens is 136 g/mol. The Hall–Kier alpha value is -0.400. The average Bonchev–Trinajstić information content (AvgIpc) is 2.03. The molecule has 0 unspecified atom stereocenters. The lowest BCUT2D eigenvalue weighted by Gasteiger charge is -1.97. The fourth-order valence-corrected chi connectivity index (χ4v) is 1.15. The van der Waals surface area contributed by atoms with E-state index >= 15 is 0 Å². The minimum Gasteiger partial charge on any atom is -0.210 e. The summed E-state index contributed by atoms with van der Waals surface area (Å²) in [7, 11) is 0. The molecule has 0 aliphatic carbocycles. The second-order valence-electron chi connectivity index (χ2n) is 3.00. The lowest BCUT2D eigenvalue weighted by Crippen LogP contribution is -1.81. The Balaban J connectivity index is 2.74. The van der Waals surface area contributed by atoms with Crippen LogP contribution < -0.4 is 0 Å². The summed E-state index contributed by atoms with van der Waals surface area (Å²) in [6.07, 6.45) is 9.14. The van der Waals surface area contributed by atoms with Gasteiger partial charge in [-0.25, -0.2) is 5.53 Å². The van der Waals surface area contributed by atoms with Crippen LogP contribution in [0.4, 0.5) is 0 Å². The van der Waals surface area contributed by atoms with Crippen LogP contribution in [0.15, 0.2) is 5.11 Å². The van der Waals surface area contributed by atoms with Crippen molar-refractivity contribution >= 4 is 0 Å². The van der Waals surface area contributed by atoms with E-state index in [1.54, 1.807) is 0 Å². The topological polar surface area (TPSA) is 36.2 Å². The maximum Gasteiger partial charge on any atom is 0.0596 e. The third-order valence-corrected chi connectivity index (χ3v) is 1.87. The number of hydrogen-bond donors (Lipinski definition) is 1. The normalized spacial score (nSPS) is 9.91. The Morgan fingerprint density at radius 2 is 1.45 bits per heavy atom. The highest BCUT2D eigenvalue weighted by atomic mass is 14.9. The third kappa shape index (κ3) is 9.60. The first kappa shape index (κ1) is 10.6. The first-order chi connectivity index (χ1) is 5.41. The first-order valence-corrected chi connectivity index (χ1v) is 4.75. The van der Waals surface area contributed by atoms with Crippen molar-refractivity contribution in [2.24, 2.45) is 5.11 Å². The fourth-order valence-electron chi connectivity index (χ4n) is 1.15. The molecule has 66 valence electrons. The molecule has 0 atom stereocenters. The van der Waals surface area contributed by atoms with Crippen molar-refractivity contribution in [2.45, 2.75) is 51.9 Å². The highest BCUT2D eigenvalue weighted by Crippen LogP contribution is 2.06. The highest BCUT2D eigenvalue weighted by molar-refractivity contribution is 4.45. The SMILES string of the molecule is CCCCCCCCCN=N. The van der Waals surface area contributed by atoms with Crippen molar-refractivity contribution in [1.82, 2.24) is 0 Å². The zero-order valence-electron chi connectivity index (χ0n) is 7.60. The molecule has 0 aromatic heterocycles. The molecule has 0 aliphatic rings. The van der Waals surface area contributed by atoms with Crippen molar-refractivity contribution in [1.29, 1.82) is 5.53 Å². The summed E-state index contributed by atoms with van der Waals surface area (Å²) < 4.78 is 0. The van der Waals surface area contributed by atoms with E-state index in [9.17, 15) is 0 Å². The van der Waals surface area contributed by atoms with Crippen molar-refractivity contribution in [2.75, 3.05) is 6.54 Å². The summed E-state index contributed by atoms with van der Waals surface area (Å²) in [5, 5.41) is 3.32. The zero-order valence-corrected chi connectivity index (χ0v) is 7.60. The van der Waals surface area contributed by atoms with E-state index in [4.69, 9.17) is 5.53 Å². The summed E-state index contributed by atoms with van der Waals surface area (Å²) in [5.74, 6) is 0. The number of unbranched alkanes of at least 4 members (excludes halogenated alkanes) is 6. The molecule has 2 nitrogen and oxygen atoms in total. The molecule has 0 aliphatic heterocycles. The van der Waals surface area contributed by atoms with Gasteiger partial charge < -0.3 is 0 Å². The van der Waals surface area contributed by atoms with Crippen LogP contribution in [0, 0.1) is 5.53 Å². The lowest BCUT2D eigenvalue weighted by atomic mass is 10.1. The first-order valence-electron chi connectivity index (χ1n) is 4.75. The smallest absolute Gasteiger partial charge is 0.0596 e. The van der Waals surface area contributed by atoms with Gasteiger partial charge in [0.15, 0.2) is 0 Å². The van der Waals surface area contributed by atoms with Crippen molar-refractivity contribution < 1.29 is 0 Å². The molecule has 0 saturated heterocycles. The van der Waals surface area contributed by atoms with Gasteiger partial charge in [0.25, 0.3) is 0 Å². The molecule has 1 N–H and O–H groups in total. The van der Waals surface area contributed by atoms with Crippen LogP contribution >= 0.6 is 0 Å². The molecule has 0 aromatic rings. The van der Waals surface area contributed by atoms with Crippen LogP contribution in [0.3, 0.4) is 0 Å². The molecule has 2 heteroatoms. The number of nitrogens with zero attached hydrogens (tertiary/aromatic N) is 1. The van der Waals surface area contributed by atoms with Gasteiger partial charge in [-0.1, -0.05) is 45.4 Å². The minimum atomic E-state index is 0.730. The van der Waals surface area contributed by atoms with Gasteiger partial charge in [0.2, 0.25) is 0 Å². The van der Waals surface area contributed by atoms with Gasteiger partial charge in [0.1, 0.15) is 0 Å². The van der Waals surface area contributed by atoms with Crippen LogP contribution in [0.5, 0.6) is 0 Å². The number of nitrogens with one attached hydrogen (secondary N) is 1. The summed E-state index contributed by atoms with van der Waals surface area (Å²) in [6, 6.07) is 0. The van der Waals surface area contributed by atoms with Crippen LogP contribution in [0.1, 0.15) is 51.9 Å². The summed E-state index contributed by atoms with van der Waals surface area (Å²) in [4.78, 5) is 0. The molecule has 0 saturated carbocycles. The molecule has 0 aromatic carbocycles. The summed E-state index contributed by atoms with van der Waals surface area (Å²) in [6.45, 7) is 2.97. The Morgan fingerprint density at radius 1 is 0.909 bits per heavy atom. The van der Waals surface area contributed by atoms with Gasteiger partial charge in [-0.15, -0.1) is 0 Å². The van der Waals surface area contributed by atoms with E-state index in [1.165, 1.54) is 38.5 Å². The molecule has 0 fully saturated rings. The minimum absolute atomic E-state index is 0.730. The highest BCUT2D eigenvalue weighted by Gasteiger charge is 1.88. The van der Waals surface area contributed by atoms with Gasteiger partial charge in [-0.2, -0.15) is 5.11 Å². The van der Waals surface area contributed by atoms with Gasteiger partial charge >= 0.3 is 0 Å². The molecule has 0 amide bonds. The third-order valence-electron chi connectivity index (χ3n) is 1.87. The number of hydrogen-bond acceptors (Lipinski definition) is 2. The Morgan fingerprint density at radius 3 is 2.00 bits per heavy atom. The predicted octanol–water partition coefficient (Wildman–Crippen LogP) is 3.77. The van der Waals surface area contributed by atoms with E-state index < -0.39 is 0 Å². The van der Waals surface area contributed by atoms with E-state index in [1.807, 2.05) is 0 Å². The predicted molar refractivity (Wildman–Crippen MR) is 48.0 cm³/mol. The molecule has 0 bridgehead atoms. The van der Waals surface area contributed by atoms with Crippen molar-refractivity contribution in [3.8, 4) is 0 Å². The lowest BCUT2D eigenvalue weighted by molar-refractivity contribution is 0.588. The van der Waals surface area contributed by atoms with E-state index in [2.05, 4.69) is 12.0 Å². The molecule has 11 heavy (non-hydrogen) atoms. The summed E-state index contributed by atoms with van der Waals surface area (Å²) in [5.41, 5.74) is 6.57. The van der Waals surface area contributed by atoms with Crippen molar-refractivity contribution in [3.05, 3.63) is 0 Å². The standard InChI is InChI=1S/C9H20N2/c1-2-3-4-5-6-7-8-9-11-10/h10H,2-9H2,1H3. The number of rotatable bonds is 8. The van der Waals surface area contributed by atoms with Crippen LogP contribution in [0.2, 0.25) is 0 Å². The Labute approximate surface area is 69.9 Å². The molecule has 0 rings (SSSR count). The molecule has 0 spiro atoms.